The number of halogens is 1. The second-order valence-corrected chi connectivity index (χ2v) is 5.13. The van der Waals surface area contributed by atoms with Crippen LogP contribution in [0.4, 0.5) is 0 Å². The Balaban J connectivity index is 0.000000331. The molecular weight excluding hydrogens is 300 g/mol. The lowest BCUT2D eigenvalue weighted by Crippen LogP contribution is -1.90. The highest BCUT2D eigenvalue weighted by atomic mass is 79.9. The van der Waals surface area contributed by atoms with Crippen LogP contribution in [0.5, 0.6) is 0 Å². The molecule has 0 heterocycles. The first-order valence-corrected chi connectivity index (χ1v) is 6.58. The van der Waals surface area contributed by atoms with Crippen molar-refractivity contribution in [2.45, 2.75) is 28.2 Å². The Morgan fingerprint density at radius 2 is 1.21 bits per heavy atom. The van der Waals surface area contributed by atoms with E-state index in [9.17, 15) is 4.79 Å². The topological polar surface area (TPSA) is 17.1 Å². The third-order valence-corrected chi connectivity index (χ3v) is 3.00. The van der Waals surface area contributed by atoms with E-state index in [1.165, 1.54) is 11.1 Å². The number of carbonyl (C=O) groups is 1. The quantitative estimate of drug-likeness (QED) is 0.626. The minimum absolute atomic E-state index is 0. The lowest BCUT2D eigenvalue weighted by molar-refractivity contribution is 0.101. The Morgan fingerprint density at radius 3 is 1.53 bits per heavy atom. The van der Waals surface area contributed by atoms with Crippen LogP contribution >= 0.6 is 15.9 Å². The van der Waals surface area contributed by atoms with Gasteiger partial charge >= 0.3 is 0 Å². The average molecular weight is 321 g/mol. The van der Waals surface area contributed by atoms with Crippen LogP contribution in [-0.2, 0) is 0 Å². The molecule has 2 aromatic rings. The van der Waals surface area contributed by atoms with Gasteiger partial charge in [0, 0.05) is 10.0 Å². The minimum Gasteiger partial charge on any atom is -0.295 e. The standard InChI is InChI=1S/C9H10O.C7H7Br.CH4/c1-7-3-5-9(6-4-7)8(2)10;1-6-2-4-7(8)5-3-6;/h3-6H,1-2H3;2-5H,1H3;1H4. The van der Waals surface area contributed by atoms with Crippen molar-refractivity contribution >= 4 is 21.7 Å². The first-order valence-electron chi connectivity index (χ1n) is 5.79. The van der Waals surface area contributed by atoms with E-state index in [1.807, 2.05) is 43.3 Å². The Kier molecular flexibility index (Phi) is 8.01. The zero-order valence-corrected chi connectivity index (χ0v) is 12.5. The van der Waals surface area contributed by atoms with Crippen molar-refractivity contribution in [1.29, 1.82) is 0 Å². The molecule has 0 unspecified atom stereocenters. The molecule has 2 aromatic carbocycles. The third kappa shape index (κ3) is 6.92. The van der Waals surface area contributed by atoms with Crippen molar-refractivity contribution < 1.29 is 4.79 Å². The molecule has 0 N–H and O–H groups in total. The lowest BCUT2D eigenvalue weighted by Gasteiger charge is -1.93. The van der Waals surface area contributed by atoms with Gasteiger partial charge in [-0.25, -0.2) is 0 Å². The fourth-order valence-electron chi connectivity index (χ4n) is 1.32. The Morgan fingerprint density at radius 1 is 0.842 bits per heavy atom. The van der Waals surface area contributed by atoms with E-state index in [0.717, 1.165) is 10.0 Å². The Hall–Kier alpha value is -1.41. The van der Waals surface area contributed by atoms with Gasteiger partial charge in [0.05, 0.1) is 0 Å². The van der Waals surface area contributed by atoms with Gasteiger partial charge in [0.25, 0.3) is 0 Å². The van der Waals surface area contributed by atoms with Crippen LogP contribution in [0.15, 0.2) is 53.0 Å². The summed E-state index contributed by atoms with van der Waals surface area (Å²) in [5.41, 5.74) is 3.27. The van der Waals surface area contributed by atoms with E-state index in [0.29, 0.717) is 0 Å². The van der Waals surface area contributed by atoms with Gasteiger partial charge < -0.3 is 0 Å². The van der Waals surface area contributed by atoms with E-state index >= 15 is 0 Å². The van der Waals surface area contributed by atoms with Gasteiger partial charge in [-0.05, 0) is 32.9 Å². The minimum atomic E-state index is 0. The van der Waals surface area contributed by atoms with Gasteiger partial charge in [0.15, 0.2) is 5.78 Å². The molecule has 102 valence electrons. The number of rotatable bonds is 1. The van der Waals surface area contributed by atoms with Gasteiger partial charge in [-0.3, -0.25) is 4.79 Å². The van der Waals surface area contributed by atoms with Crippen molar-refractivity contribution in [3.05, 3.63) is 69.7 Å². The lowest BCUT2D eigenvalue weighted by atomic mass is 10.1. The molecule has 19 heavy (non-hydrogen) atoms. The molecule has 0 radical (unpaired) electrons. The highest BCUT2D eigenvalue weighted by Crippen LogP contribution is 2.08. The maximum Gasteiger partial charge on any atom is 0.159 e. The highest BCUT2D eigenvalue weighted by molar-refractivity contribution is 9.10. The second-order valence-electron chi connectivity index (χ2n) is 4.22. The summed E-state index contributed by atoms with van der Waals surface area (Å²) in [6.45, 7) is 5.65. The average Bonchev–Trinajstić information content (AvgIpc) is 2.34. The fourth-order valence-corrected chi connectivity index (χ4v) is 1.59. The first kappa shape index (κ1) is 17.6. The predicted octanol–water partition coefficient (Wildman–Crippen LogP) is 5.59. The summed E-state index contributed by atoms with van der Waals surface area (Å²) < 4.78 is 1.14. The molecule has 0 saturated heterocycles. The van der Waals surface area contributed by atoms with E-state index < -0.39 is 0 Å². The number of hydrogen-bond acceptors (Lipinski definition) is 1. The van der Waals surface area contributed by atoms with Crippen LogP contribution in [0.3, 0.4) is 0 Å². The monoisotopic (exact) mass is 320 g/mol. The number of Topliss-reactive ketones (excluding diaryl/α,β-unsaturated/α-hetero) is 1. The predicted molar refractivity (Wildman–Crippen MR) is 86.8 cm³/mol. The molecule has 0 fully saturated rings. The van der Waals surface area contributed by atoms with Gasteiger partial charge in [-0.15, -0.1) is 0 Å². The molecule has 2 rings (SSSR count). The molecule has 0 aliphatic rings. The zero-order chi connectivity index (χ0) is 13.5. The van der Waals surface area contributed by atoms with E-state index in [2.05, 4.69) is 35.0 Å². The third-order valence-electron chi connectivity index (χ3n) is 2.47. The largest absolute Gasteiger partial charge is 0.295 e. The summed E-state index contributed by atoms with van der Waals surface area (Å²) in [6.07, 6.45) is 0. The smallest absolute Gasteiger partial charge is 0.159 e. The number of hydrogen-bond donors (Lipinski definition) is 0. The number of ketones is 1. The molecule has 0 aliphatic heterocycles. The van der Waals surface area contributed by atoms with Gasteiger partial charge in [-0.2, -0.15) is 0 Å². The van der Waals surface area contributed by atoms with Crippen LogP contribution < -0.4 is 0 Å². The normalized spacial score (nSPS) is 8.84. The molecular formula is C17H21BrO. The summed E-state index contributed by atoms with van der Waals surface area (Å²) in [7, 11) is 0. The van der Waals surface area contributed by atoms with Gasteiger partial charge in [0.1, 0.15) is 0 Å². The van der Waals surface area contributed by atoms with Crippen LogP contribution in [0.1, 0.15) is 35.8 Å². The number of benzene rings is 2. The molecule has 0 aromatic heterocycles. The summed E-state index contributed by atoms with van der Waals surface area (Å²) in [5.74, 6) is 0.125. The van der Waals surface area contributed by atoms with Crippen molar-refractivity contribution in [3.8, 4) is 0 Å². The van der Waals surface area contributed by atoms with Crippen molar-refractivity contribution in [2.75, 3.05) is 0 Å². The van der Waals surface area contributed by atoms with Crippen LogP contribution in [0.2, 0.25) is 0 Å². The van der Waals surface area contributed by atoms with Crippen molar-refractivity contribution in [2.24, 2.45) is 0 Å². The molecule has 0 amide bonds. The fraction of sp³-hybridized carbons (Fsp3) is 0.235. The van der Waals surface area contributed by atoms with E-state index in [1.54, 1.807) is 6.92 Å². The Bertz CT molecular complexity index is 477. The van der Waals surface area contributed by atoms with Crippen molar-refractivity contribution in [1.82, 2.24) is 0 Å². The molecule has 2 heteroatoms. The SMILES string of the molecule is C.CC(=O)c1ccc(C)cc1.Cc1ccc(Br)cc1. The molecule has 1 nitrogen and oxygen atoms in total. The molecule has 0 atom stereocenters. The number of carbonyl (C=O) groups excluding carboxylic acids is 1. The van der Waals surface area contributed by atoms with Crippen LogP contribution in [0.25, 0.3) is 0 Å². The van der Waals surface area contributed by atoms with Gasteiger partial charge in [-0.1, -0.05) is 70.9 Å². The first-order chi connectivity index (χ1) is 8.49. The summed E-state index contributed by atoms with van der Waals surface area (Å²) >= 11 is 3.35. The Labute approximate surface area is 124 Å². The second kappa shape index (κ2) is 8.65. The van der Waals surface area contributed by atoms with Crippen LogP contribution in [0, 0.1) is 13.8 Å². The number of aryl methyl sites for hydroxylation is 2. The maximum absolute atomic E-state index is 10.8. The summed E-state index contributed by atoms with van der Waals surface area (Å²) in [5, 5.41) is 0. The molecule has 0 saturated carbocycles. The molecule has 0 bridgehead atoms. The van der Waals surface area contributed by atoms with E-state index in [-0.39, 0.29) is 13.2 Å². The van der Waals surface area contributed by atoms with Crippen LogP contribution in [-0.4, -0.2) is 5.78 Å². The molecule has 0 spiro atoms. The van der Waals surface area contributed by atoms with Crippen molar-refractivity contribution in [3.63, 3.8) is 0 Å². The van der Waals surface area contributed by atoms with E-state index in [4.69, 9.17) is 0 Å². The summed E-state index contributed by atoms with van der Waals surface area (Å²) in [6, 6.07) is 15.8. The van der Waals surface area contributed by atoms with Gasteiger partial charge in [0.2, 0.25) is 0 Å². The summed E-state index contributed by atoms with van der Waals surface area (Å²) in [4.78, 5) is 10.8. The molecule has 0 aliphatic carbocycles. The zero-order valence-electron chi connectivity index (χ0n) is 10.9. The maximum atomic E-state index is 10.8. The highest BCUT2D eigenvalue weighted by Gasteiger charge is 1.95.